The highest BCUT2D eigenvalue weighted by molar-refractivity contribution is 9.10. The number of aliphatic hydroxyl groups excluding tert-OH is 1. The van der Waals surface area contributed by atoms with Crippen LogP contribution in [0.25, 0.3) is 0 Å². The second-order valence-corrected chi connectivity index (χ2v) is 8.44. The zero-order valence-electron chi connectivity index (χ0n) is 20.0. The van der Waals surface area contributed by atoms with Crippen molar-refractivity contribution in [3.05, 3.63) is 76.7 Å². The summed E-state index contributed by atoms with van der Waals surface area (Å²) in [6.07, 6.45) is 1.64. The maximum atomic E-state index is 13.2. The molecule has 17 heteroatoms. The van der Waals surface area contributed by atoms with E-state index in [2.05, 4.69) is 41.8 Å². The van der Waals surface area contributed by atoms with E-state index in [1.165, 1.54) is 24.5 Å². The van der Waals surface area contributed by atoms with Crippen molar-refractivity contribution in [1.82, 2.24) is 19.8 Å². The van der Waals surface area contributed by atoms with Crippen LogP contribution in [0.15, 0.2) is 33.7 Å². The fraction of sp³-hybridized carbons (Fsp3) is 0.421. The lowest BCUT2D eigenvalue weighted by Crippen LogP contribution is -2.47. The van der Waals surface area contributed by atoms with E-state index < -0.39 is 34.1 Å². The average Bonchev–Trinajstić information content (AvgIpc) is 2.76. The lowest BCUT2D eigenvalue weighted by Gasteiger charge is -2.25. The molecule has 0 aliphatic carbocycles. The summed E-state index contributed by atoms with van der Waals surface area (Å²) >= 11 is 5.66. The van der Waals surface area contributed by atoms with Crippen molar-refractivity contribution in [1.29, 1.82) is 0 Å². The van der Waals surface area contributed by atoms with Gasteiger partial charge in [-0.1, -0.05) is 0 Å². The van der Waals surface area contributed by atoms with E-state index in [1.807, 2.05) is 38.0 Å². The first-order valence-corrected chi connectivity index (χ1v) is 11.2. The van der Waals surface area contributed by atoms with Gasteiger partial charge in [-0.3, -0.25) is 34.8 Å². The Morgan fingerprint density at radius 3 is 1.81 bits per heavy atom. The molecule has 0 saturated carbocycles. The number of aliphatic hydroxyl groups is 1. The molecule has 13 nitrogen and oxygen atoms in total. The third-order valence-electron chi connectivity index (χ3n) is 3.62. The van der Waals surface area contributed by atoms with Gasteiger partial charge in [0, 0.05) is 27.8 Å². The van der Waals surface area contributed by atoms with E-state index in [0.717, 1.165) is 7.05 Å². The molecule has 3 N–H and O–H groups in total. The number of pyridine rings is 2. The Kier molecular flexibility index (Phi) is 18.5. The molecular weight excluding hydrogens is 620 g/mol. The van der Waals surface area contributed by atoms with Crippen LogP contribution in [0.3, 0.4) is 0 Å². The van der Waals surface area contributed by atoms with Gasteiger partial charge in [0.25, 0.3) is 0 Å². The van der Waals surface area contributed by atoms with E-state index in [1.54, 1.807) is 0 Å². The molecule has 2 aromatic rings. The van der Waals surface area contributed by atoms with E-state index >= 15 is 0 Å². The second-order valence-electron chi connectivity index (χ2n) is 6.94. The molecule has 0 radical (unpaired) electrons. The van der Waals surface area contributed by atoms with Crippen LogP contribution in [0.5, 0.6) is 0 Å². The van der Waals surface area contributed by atoms with Crippen molar-refractivity contribution >= 4 is 38.1 Å². The zero-order chi connectivity index (χ0) is 28.6. The molecule has 0 saturated heterocycles. The molecule has 0 aromatic carbocycles. The maximum Gasteiger partial charge on any atom is 0.233 e. The number of carbonyl (C=O) groups excluding carboxylic acids is 1. The third-order valence-corrected chi connectivity index (χ3v) is 4.72. The Morgan fingerprint density at radius 1 is 1.06 bits per heavy atom. The number of carbonyl (C=O) groups is 1. The number of hydrogen-bond acceptors (Lipinski definition) is 11. The van der Waals surface area contributed by atoms with Crippen molar-refractivity contribution < 1.29 is 28.5 Å². The monoisotopic (exact) mass is 645 g/mol. The van der Waals surface area contributed by atoms with Crippen LogP contribution in [0.4, 0.5) is 8.78 Å². The summed E-state index contributed by atoms with van der Waals surface area (Å²) in [5.41, 5.74) is 5.49. The van der Waals surface area contributed by atoms with Crippen molar-refractivity contribution in [2.75, 3.05) is 41.8 Å². The normalized spacial score (nSPS) is 10.8. The molecule has 202 valence electrons. The molecule has 0 aliphatic rings. The molecule has 2 rings (SSSR count). The number of rotatable bonds is 6. The first-order valence-electron chi connectivity index (χ1n) is 9.58. The van der Waals surface area contributed by atoms with Crippen molar-refractivity contribution in [3.8, 4) is 0 Å². The zero-order valence-corrected chi connectivity index (χ0v) is 23.2. The summed E-state index contributed by atoms with van der Waals surface area (Å²) in [7, 11) is 8.69. The summed E-state index contributed by atoms with van der Waals surface area (Å²) < 4.78 is 25.9. The fourth-order valence-corrected chi connectivity index (χ4v) is 2.61. The van der Waals surface area contributed by atoms with Crippen molar-refractivity contribution in [2.24, 2.45) is 5.73 Å². The predicted octanol–water partition coefficient (Wildman–Crippen LogP) is 2.33. The lowest BCUT2D eigenvalue weighted by atomic mass is 10.1. The molecule has 36 heavy (non-hydrogen) atoms. The number of aromatic nitrogens is 2. The van der Waals surface area contributed by atoms with E-state index in [0.29, 0.717) is 6.29 Å². The second kappa shape index (κ2) is 18.7. The Bertz CT molecular complexity index is 977. The Morgan fingerprint density at radius 2 is 1.47 bits per heavy atom. The molecule has 1 unspecified atom stereocenters. The highest BCUT2D eigenvalue weighted by atomic mass is 79.9. The van der Waals surface area contributed by atoms with Gasteiger partial charge in [-0.15, -0.1) is 0 Å². The molecule has 0 amide bonds. The van der Waals surface area contributed by atoms with Crippen LogP contribution < -0.4 is 5.73 Å². The molecule has 2 heterocycles. The summed E-state index contributed by atoms with van der Waals surface area (Å²) in [6.45, 7) is -0.729. The molecule has 0 fully saturated rings. The van der Waals surface area contributed by atoms with Crippen LogP contribution in [-0.4, -0.2) is 89.1 Å². The van der Waals surface area contributed by atoms with Gasteiger partial charge in [0.1, 0.15) is 21.6 Å². The van der Waals surface area contributed by atoms with Gasteiger partial charge < -0.3 is 10.8 Å². The minimum absolute atomic E-state index is 0.0156. The Balaban J connectivity index is 0. The predicted molar refractivity (Wildman–Crippen MR) is 134 cm³/mol. The number of nitrogens with two attached hydrogens (primary N) is 1. The fourth-order valence-electron chi connectivity index (χ4n) is 1.91. The number of halogens is 4. The minimum Gasteiger partial charge on any atom is -0.381 e. The van der Waals surface area contributed by atoms with Crippen molar-refractivity contribution in [2.45, 2.75) is 12.4 Å². The largest absolute Gasteiger partial charge is 0.381 e. The van der Waals surface area contributed by atoms with Crippen LogP contribution in [0.2, 0.25) is 0 Å². The van der Waals surface area contributed by atoms with Gasteiger partial charge in [-0.05, 0) is 72.2 Å². The molecule has 0 spiro atoms. The quantitative estimate of drug-likeness (QED) is 0.154. The summed E-state index contributed by atoms with van der Waals surface area (Å²) in [5, 5.41) is 28.1. The molecular formula is C19H27Br2F2N7O6. The molecule has 0 bridgehead atoms. The van der Waals surface area contributed by atoms with Gasteiger partial charge in [-0.25, -0.2) is 18.7 Å². The maximum absolute atomic E-state index is 13.2. The summed E-state index contributed by atoms with van der Waals surface area (Å²) in [6, 6.07) is 2.52. The van der Waals surface area contributed by atoms with E-state index in [-0.39, 0.29) is 26.6 Å². The van der Waals surface area contributed by atoms with E-state index in [4.69, 9.17) is 15.8 Å². The Hall–Kier alpha value is -2.57. The number of nitro groups is 2. The van der Waals surface area contributed by atoms with Crippen LogP contribution in [0, 0.1) is 31.9 Å². The summed E-state index contributed by atoms with van der Waals surface area (Å²) in [5.74, 6) is -1.39. The molecule has 1 atom stereocenters. The van der Waals surface area contributed by atoms with Crippen LogP contribution >= 0.6 is 31.9 Å². The van der Waals surface area contributed by atoms with Gasteiger partial charge in [-0.2, -0.15) is 0 Å². The lowest BCUT2D eigenvalue weighted by molar-refractivity contribution is -0.491. The average molecular weight is 647 g/mol. The third kappa shape index (κ3) is 15.4. The molecule has 2 aromatic heterocycles. The van der Waals surface area contributed by atoms with Gasteiger partial charge in [0.15, 0.2) is 25.0 Å². The van der Waals surface area contributed by atoms with Crippen LogP contribution in [0.1, 0.15) is 22.0 Å². The van der Waals surface area contributed by atoms with E-state index in [9.17, 15) is 28.8 Å². The highest BCUT2D eigenvalue weighted by Gasteiger charge is 2.19. The smallest absolute Gasteiger partial charge is 0.233 e. The Labute approximate surface area is 222 Å². The SMILES string of the molecule is CN(C)C(N)N(C)C.C[N+](=O)[O-].O=Cc1ccnc(Br)c1F.O=[N+]([O-])CC(O)c1ccnc(Br)c1F. The number of nitrogens with zero attached hydrogens (tertiary/aromatic N) is 6. The van der Waals surface area contributed by atoms with Gasteiger partial charge >= 0.3 is 0 Å². The summed E-state index contributed by atoms with van der Waals surface area (Å²) in [4.78, 5) is 38.8. The first-order chi connectivity index (χ1) is 16.6. The molecule has 0 aliphatic heterocycles. The minimum atomic E-state index is -1.45. The van der Waals surface area contributed by atoms with Crippen LogP contribution in [-0.2, 0) is 0 Å². The topological polar surface area (TPSA) is 182 Å². The van der Waals surface area contributed by atoms with Crippen molar-refractivity contribution in [3.63, 3.8) is 0 Å². The first kappa shape index (κ1) is 35.6. The van der Waals surface area contributed by atoms with Gasteiger partial charge in [0.2, 0.25) is 6.54 Å². The number of hydrogen-bond donors (Lipinski definition) is 2. The number of aldehydes is 1. The standard InChI is InChI=1S/C7H6BrFN2O3.C6H3BrFNO.C5H15N3.CH3NO2/c8-7-6(9)4(1-2-10-7)5(12)3-11(13)14;7-6-5(8)4(3-10)1-2-9-6;1-7(2)5(6)8(3)4;1-2(3)4/h1-2,5,12H,3H2;1-3H;5H,6H2,1-4H3;1H3. The highest BCUT2D eigenvalue weighted by Crippen LogP contribution is 2.21. The van der Waals surface area contributed by atoms with Gasteiger partial charge in [0.05, 0.1) is 5.56 Å².